The lowest BCUT2D eigenvalue weighted by Gasteiger charge is -2.26. The summed E-state index contributed by atoms with van der Waals surface area (Å²) in [6.07, 6.45) is 0.732. The molecule has 3 N–H and O–H groups in total. The molecule has 1 aromatic carbocycles. The fourth-order valence-corrected chi connectivity index (χ4v) is 2.00. The monoisotopic (exact) mass is 254 g/mol. The third kappa shape index (κ3) is 5.58. The molecule has 4 heteroatoms. The van der Waals surface area contributed by atoms with E-state index in [-0.39, 0.29) is 11.9 Å². The van der Waals surface area contributed by atoms with Crippen LogP contribution in [0.15, 0.2) is 24.3 Å². The number of nitrogens with two attached hydrogens (primary N) is 1. The van der Waals surface area contributed by atoms with Crippen molar-refractivity contribution >= 4 is 0 Å². The molecule has 1 atom stereocenters. The first-order valence-electron chi connectivity index (χ1n) is 6.20. The number of halogens is 1. The molecule has 0 spiro atoms. The molecule has 0 amide bonds. The Morgan fingerprint density at radius 3 is 2.67 bits per heavy atom. The van der Waals surface area contributed by atoms with Crippen LogP contribution in [0.25, 0.3) is 0 Å². The maximum Gasteiger partial charge on any atom is 0.123 e. The molecule has 1 rings (SSSR count). The summed E-state index contributed by atoms with van der Waals surface area (Å²) in [7, 11) is 1.94. The average molecular weight is 254 g/mol. The van der Waals surface area contributed by atoms with Crippen molar-refractivity contribution in [1.82, 2.24) is 4.90 Å². The minimum atomic E-state index is -0.711. The van der Waals surface area contributed by atoms with Crippen molar-refractivity contribution in [2.24, 2.45) is 5.73 Å². The standard InChI is InChI=1S/C14H23FN2O/c1-14(2,18)10-17(3)8-7-13(16)11-5-4-6-12(15)9-11/h4-6,9,13,18H,7-8,10,16H2,1-3H3. The van der Waals surface area contributed by atoms with Crippen molar-refractivity contribution in [2.45, 2.75) is 31.9 Å². The van der Waals surface area contributed by atoms with Gasteiger partial charge in [-0.1, -0.05) is 12.1 Å². The Kier molecular flexibility index (Phi) is 5.26. The fourth-order valence-electron chi connectivity index (χ4n) is 2.00. The Labute approximate surface area is 108 Å². The highest BCUT2D eigenvalue weighted by Crippen LogP contribution is 2.15. The van der Waals surface area contributed by atoms with Crippen molar-refractivity contribution in [2.75, 3.05) is 20.1 Å². The van der Waals surface area contributed by atoms with Crippen molar-refractivity contribution in [3.63, 3.8) is 0 Å². The second-order valence-electron chi connectivity index (χ2n) is 5.50. The Hall–Kier alpha value is -0.970. The van der Waals surface area contributed by atoms with E-state index in [1.165, 1.54) is 12.1 Å². The third-order valence-electron chi connectivity index (χ3n) is 2.76. The van der Waals surface area contributed by atoms with Gasteiger partial charge in [-0.25, -0.2) is 4.39 Å². The molecular formula is C14H23FN2O. The summed E-state index contributed by atoms with van der Waals surface area (Å²) < 4.78 is 13.0. The fraction of sp³-hybridized carbons (Fsp3) is 0.571. The highest BCUT2D eigenvalue weighted by molar-refractivity contribution is 5.19. The van der Waals surface area contributed by atoms with Crippen LogP contribution in [-0.4, -0.2) is 35.7 Å². The average Bonchev–Trinajstić information content (AvgIpc) is 2.23. The van der Waals surface area contributed by atoms with Gasteiger partial charge in [0.05, 0.1) is 5.60 Å². The Bertz CT molecular complexity index is 376. The van der Waals surface area contributed by atoms with E-state index in [1.54, 1.807) is 19.9 Å². The van der Waals surface area contributed by atoms with E-state index in [0.29, 0.717) is 6.54 Å². The zero-order valence-corrected chi connectivity index (χ0v) is 11.4. The topological polar surface area (TPSA) is 49.5 Å². The van der Waals surface area contributed by atoms with E-state index >= 15 is 0 Å². The van der Waals surface area contributed by atoms with Crippen LogP contribution in [0.2, 0.25) is 0 Å². The summed E-state index contributed by atoms with van der Waals surface area (Å²) in [4.78, 5) is 2.03. The molecule has 0 aliphatic carbocycles. The molecule has 0 aromatic heterocycles. The van der Waals surface area contributed by atoms with E-state index in [2.05, 4.69) is 0 Å². The van der Waals surface area contributed by atoms with E-state index in [0.717, 1.165) is 18.5 Å². The minimum Gasteiger partial charge on any atom is -0.389 e. The molecule has 1 unspecified atom stereocenters. The van der Waals surface area contributed by atoms with Gasteiger partial charge in [0.1, 0.15) is 5.82 Å². The molecule has 0 heterocycles. The highest BCUT2D eigenvalue weighted by atomic mass is 19.1. The van der Waals surface area contributed by atoms with Crippen LogP contribution in [-0.2, 0) is 0 Å². The van der Waals surface area contributed by atoms with E-state index in [4.69, 9.17) is 5.73 Å². The summed E-state index contributed by atoms with van der Waals surface area (Å²) in [5, 5.41) is 9.68. The number of benzene rings is 1. The Morgan fingerprint density at radius 1 is 1.44 bits per heavy atom. The predicted octanol–water partition coefficient (Wildman–Crippen LogP) is 1.92. The number of hydrogen-bond donors (Lipinski definition) is 2. The van der Waals surface area contributed by atoms with E-state index in [9.17, 15) is 9.50 Å². The SMILES string of the molecule is CN(CCC(N)c1cccc(F)c1)CC(C)(C)O. The van der Waals surface area contributed by atoms with Crippen LogP contribution < -0.4 is 5.73 Å². The first-order chi connectivity index (χ1) is 8.28. The lowest BCUT2D eigenvalue weighted by Crippen LogP contribution is -2.37. The van der Waals surface area contributed by atoms with Gasteiger partial charge in [0.25, 0.3) is 0 Å². The van der Waals surface area contributed by atoms with Gasteiger partial charge in [0.2, 0.25) is 0 Å². The van der Waals surface area contributed by atoms with Crippen molar-refractivity contribution in [3.05, 3.63) is 35.6 Å². The number of nitrogens with zero attached hydrogens (tertiary/aromatic N) is 1. The highest BCUT2D eigenvalue weighted by Gasteiger charge is 2.16. The van der Waals surface area contributed by atoms with Gasteiger partial charge in [-0.3, -0.25) is 0 Å². The summed E-state index contributed by atoms with van der Waals surface area (Å²) in [6, 6.07) is 6.22. The van der Waals surface area contributed by atoms with Crippen molar-refractivity contribution in [3.8, 4) is 0 Å². The molecule has 3 nitrogen and oxygen atoms in total. The summed E-state index contributed by atoms with van der Waals surface area (Å²) in [5.41, 5.74) is 6.12. The Morgan fingerprint density at radius 2 is 2.11 bits per heavy atom. The molecule has 1 aromatic rings. The van der Waals surface area contributed by atoms with Gasteiger partial charge in [0.15, 0.2) is 0 Å². The first-order valence-corrected chi connectivity index (χ1v) is 6.20. The molecule has 0 radical (unpaired) electrons. The lowest BCUT2D eigenvalue weighted by molar-refractivity contribution is 0.0438. The first kappa shape index (κ1) is 15.1. The number of aliphatic hydroxyl groups is 1. The van der Waals surface area contributed by atoms with Crippen LogP contribution >= 0.6 is 0 Å². The third-order valence-corrected chi connectivity index (χ3v) is 2.76. The quantitative estimate of drug-likeness (QED) is 0.815. The van der Waals surface area contributed by atoms with Crippen LogP contribution in [0.1, 0.15) is 31.9 Å². The predicted molar refractivity (Wildman–Crippen MR) is 71.7 cm³/mol. The number of rotatable bonds is 6. The largest absolute Gasteiger partial charge is 0.389 e. The second kappa shape index (κ2) is 6.27. The normalized spacial score (nSPS) is 13.9. The molecule has 102 valence electrons. The van der Waals surface area contributed by atoms with Gasteiger partial charge in [0, 0.05) is 12.6 Å². The zero-order valence-electron chi connectivity index (χ0n) is 11.4. The van der Waals surface area contributed by atoms with E-state index < -0.39 is 5.60 Å². The molecule has 0 bridgehead atoms. The second-order valence-corrected chi connectivity index (χ2v) is 5.50. The van der Waals surface area contributed by atoms with Gasteiger partial charge >= 0.3 is 0 Å². The number of hydrogen-bond acceptors (Lipinski definition) is 3. The van der Waals surface area contributed by atoms with E-state index in [1.807, 2.05) is 18.0 Å². The van der Waals surface area contributed by atoms with Crippen LogP contribution in [0.5, 0.6) is 0 Å². The van der Waals surface area contributed by atoms with Crippen molar-refractivity contribution < 1.29 is 9.50 Å². The van der Waals surface area contributed by atoms with Gasteiger partial charge in [-0.2, -0.15) is 0 Å². The summed E-state index contributed by atoms with van der Waals surface area (Å²) >= 11 is 0. The molecular weight excluding hydrogens is 231 g/mol. The molecule has 18 heavy (non-hydrogen) atoms. The smallest absolute Gasteiger partial charge is 0.123 e. The maximum absolute atomic E-state index is 13.0. The number of likely N-dealkylation sites (N-methyl/N-ethyl adjacent to an activating group) is 1. The molecule has 0 saturated heterocycles. The Balaban J connectivity index is 2.44. The maximum atomic E-state index is 13.0. The van der Waals surface area contributed by atoms with Crippen molar-refractivity contribution in [1.29, 1.82) is 0 Å². The van der Waals surface area contributed by atoms with Crippen LogP contribution in [0.3, 0.4) is 0 Å². The molecule has 0 aliphatic heterocycles. The van der Waals surface area contributed by atoms with Gasteiger partial charge in [-0.05, 0) is 51.6 Å². The zero-order chi connectivity index (χ0) is 13.8. The summed E-state index contributed by atoms with van der Waals surface area (Å²) in [6.45, 7) is 4.90. The van der Waals surface area contributed by atoms with Gasteiger partial charge in [-0.15, -0.1) is 0 Å². The minimum absolute atomic E-state index is 0.176. The summed E-state index contributed by atoms with van der Waals surface area (Å²) in [5.74, 6) is -0.257. The van der Waals surface area contributed by atoms with Crippen LogP contribution in [0.4, 0.5) is 4.39 Å². The molecule has 0 saturated carbocycles. The van der Waals surface area contributed by atoms with Crippen LogP contribution in [0, 0.1) is 5.82 Å². The molecule has 0 fully saturated rings. The lowest BCUT2D eigenvalue weighted by atomic mass is 10.0. The molecule has 0 aliphatic rings. The van der Waals surface area contributed by atoms with Gasteiger partial charge < -0.3 is 15.7 Å².